The van der Waals surface area contributed by atoms with Gasteiger partial charge in [-0.25, -0.2) is 9.18 Å². The van der Waals surface area contributed by atoms with E-state index in [2.05, 4.69) is 15.9 Å². The quantitative estimate of drug-likeness (QED) is 0.823. The smallest absolute Gasteiger partial charge is 0.410 e. The Kier molecular flexibility index (Phi) is 6.09. The van der Waals surface area contributed by atoms with Crippen LogP contribution in [0.5, 0.6) is 0 Å². The summed E-state index contributed by atoms with van der Waals surface area (Å²) in [5, 5.41) is 0. The Morgan fingerprint density at radius 1 is 1.29 bits per heavy atom. The van der Waals surface area contributed by atoms with E-state index < -0.39 is 5.60 Å². The van der Waals surface area contributed by atoms with Gasteiger partial charge in [0.05, 0.1) is 10.2 Å². The van der Waals surface area contributed by atoms with Crippen molar-refractivity contribution in [1.82, 2.24) is 4.90 Å². The van der Waals surface area contributed by atoms with Gasteiger partial charge >= 0.3 is 6.09 Å². The lowest BCUT2D eigenvalue weighted by Crippen LogP contribution is -2.39. The number of carbonyl (C=O) groups excluding carboxylic acids is 1. The van der Waals surface area contributed by atoms with Gasteiger partial charge in [-0.3, -0.25) is 0 Å². The summed E-state index contributed by atoms with van der Waals surface area (Å²) in [4.78, 5) is 15.9. The minimum Gasteiger partial charge on any atom is -0.444 e. The molecular formula is C17H25BrFN3O2. The number of anilines is 1. The molecule has 1 amide bonds. The van der Waals surface area contributed by atoms with Crippen LogP contribution in [0.15, 0.2) is 16.6 Å². The lowest BCUT2D eigenvalue weighted by atomic mass is 10.1. The van der Waals surface area contributed by atoms with E-state index in [9.17, 15) is 9.18 Å². The van der Waals surface area contributed by atoms with Crippen LogP contribution >= 0.6 is 15.9 Å². The standard InChI is InChI=1S/C17H25BrFN3O2/c1-17(2,3)24-16(23)22-8-4-7-21(9-10-22)13-6-5-12(11-20)14(18)15(13)19/h5-6H,4,7-11,20H2,1-3H3. The molecule has 0 aliphatic carbocycles. The average molecular weight is 402 g/mol. The predicted octanol–water partition coefficient (Wildman–Crippen LogP) is 3.49. The molecule has 134 valence electrons. The Labute approximate surface area is 151 Å². The number of hydrogen-bond donors (Lipinski definition) is 1. The summed E-state index contributed by atoms with van der Waals surface area (Å²) in [5.41, 5.74) is 6.36. The Morgan fingerprint density at radius 2 is 2.00 bits per heavy atom. The number of hydrogen-bond acceptors (Lipinski definition) is 4. The fraction of sp³-hybridized carbons (Fsp3) is 0.588. The second-order valence-electron chi connectivity index (χ2n) is 6.88. The van der Waals surface area contributed by atoms with E-state index in [0.717, 1.165) is 12.0 Å². The summed E-state index contributed by atoms with van der Waals surface area (Å²) in [6, 6.07) is 3.59. The van der Waals surface area contributed by atoms with Gasteiger partial charge in [0.2, 0.25) is 0 Å². The van der Waals surface area contributed by atoms with Crippen molar-refractivity contribution in [2.75, 3.05) is 31.1 Å². The third kappa shape index (κ3) is 4.60. The molecule has 0 aromatic heterocycles. The third-order valence-electron chi connectivity index (χ3n) is 3.85. The molecule has 1 aromatic carbocycles. The van der Waals surface area contributed by atoms with Crippen molar-refractivity contribution in [3.63, 3.8) is 0 Å². The Hall–Kier alpha value is -1.34. The fourth-order valence-electron chi connectivity index (χ4n) is 2.65. The SMILES string of the molecule is CC(C)(C)OC(=O)N1CCCN(c2ccc(CN)c(Br)c2F)CC1. The Morgan fingerprint density at radius 3 is 2.62 bits per heavy atom. The topological polar surface area (TPSA) is 58.8 Å². The van der Waals surface area contributed by atoms with Gasteiger partial charge in [-0.1, -0.05) is 6.07 Å². The zero-order chi connectivity index (χ0) is 17.9. The van der Waals surface area contributed by atoms with Crippen molar-refractivity contribution < 1.29 is 13.9 Å². The van der Waals surface area contributed by atoms with Gasteiger partial charge in [0.1, 0.15) is 5.60 Å². The van der Waals surface area contributed by atoms with Crippen LogP contribution in [0.25, 0.3) is 0 Å². The highest BCUT2D eigenvalue weighted by Gasteiger charge is 2.25. The van der Waals surface area contributed by atoms with Crippen molar-refractivity contribution in [2.24, 2.45) is 5.73 Å². The summed E-state index contributed by atoms with van der Waals surface area (Å²) in [6.07, 6.45) is 0.444. The van der Waals surface area contributed by atoms with Crippen LogP contribution in [0.2, 0.25) is 0 Å². The molecule has 5 nitrogen and oxygen atoms in total. The first-order valence-electron chi connectivity index (χ1n) is 8.12. The monoisotopic (exact) mass is 401 g/mol. The van der Waals surface area contributed by atoms with Crippen molar-refractivity contribution in [3.05, 3.63) is 28.0 Å². The number of halogens is 2. The largest absolute Gasteiger partial charge is 0.444 e. The van der Waals surface area contributed by atoms with Gasteiger partial charge in [0, 0.05) is 32.7 Å². The fourth-order valence-corrected chi connectivity index (χ4v) is 3.15. The predicted molar refractivity (Wildman–Crippen MR) is 96.6 cm³/mol. The van der Waals surface area contributed by atoms with E-state index in [4.69, 9.17) is 10.5 Å². The third-order valence-corrected chi connectivity index (χ3v) is 4.71. The van der Waals surface area contributed by atoms with E-state index in [-0.39, 0.29) is 18.5 Å². The lowest BCUT2D eigenvalue weighted by molar-refractivity contribution is 0.0263. The summed E-state index contributed by atoms with van der Waals surface area (Å²) >= 11 is 3.28. The van der Waals surface area contributed by atoms with Crippen molar-refractivity contribution >= 4 is 27.7 Å². The maximum absolute atomic E-state index is 14.6. The molecule has 1 heterocycles. The number of nitrogens with zero attached hydrogens (tertiary/aromatic N) is 2. The lowest BCUT2D eigenvalue weighted by Gasteiger charge is -2.27. The van der Waals surface area contributed by atoms with Gasteiger partial charge in [-0.05, 0) is 54.8 Å². The number of benzene rings is 1. The minimum absolute atomic E-state index is 0.282. The zero-order valence-corrected chi connectivity index (χ0v) is 16.0. The molecule has 1 aromatic rings. The molecule has 2 N–H and O–H groups in total. The van der Waals surface area contributed by atoms with E-state index in [1.807, 2.05) is 31.7 Å². The normalized spacial score (nSPS) is 16.1. The maximum Gasteiger partial charge on any atom is 0.410 e. The van der Waals surface area contributed by atoms with Crippen LogP contribution in [-0.2, 0) is 11.3 Å². The van der Waals surface area contributed by atoms with Gasteiger partial charge in [-0.2, -0.15) is 0 Å². The van der Waals surface area contributed by atoms with Crippen molar-refractivity contribution in [3.8, 4) is 0 Å². The molecular weight excluding hydrogens is 377 g/mol. The summed E-state index contributed by atoms with van der Waals surface area (Å²) < 4.78 is 20.4. The van der Waals surface area contributed by atoms with Gasteiger partial charge < -0.3 is 20.3 Å². The number of amides is 1. The van der Waals surface area contributed by atoms with Gasteiger partial charge in [0.15, 0.2) is 5.82 Å². The molecule has 0 unspecified atom stereocenters. The molecule has 24 heavy (non-hydrogen) atoms. The highest BCUT2D eigenvalue weighted by Crippen LogP contribution is 2.30. The zero-order valence-electron chi connectivity index (χ0n) is 14.4. The number of ether oxygens (including phenoxy) is 1. The van der Waals surface area contributed by atoms with E-state index in [0.29, 0.717) is 36.3 Å². The molecule has 0 atom stereocenters. The van der Waals surface area contributed by atoms with Crippen LogP contribution in [0, 0.1) is 5.82 Å². The summed E-state index contributed by atoms with van der Waals surface area (Å²) in [6.45, 7) is 8.18. The van der Waals surface area contributed by atoms with Gasteiger partial charge in [0.25, 0.3) is 0 Å². The molecule has 2 rings (SSSR count). The second kappa shape index (κ2) is 7.70. The molecule has 0 spiro atoms. The molecule has 0 radical (unpaired) electrons. The van der Waals surface area contributed by atoms with Crippen molar-refractivity contribution in [2.45, 2.75) is 39.3 Å². The minimum atomic E-state index is -0.516. The summed E-state index contributed by atoms with van der Waals surface area (Å²) in [7, 11) is 0. The highest BCUT2D eigenvalue weighted by atomic mass is 79.9. The van der Waals surface area contributed by atoms with Crippen LogP contribution in [0.1, 0.15) is 32.8 Å². The molecule has 0 bridgehead atoms. The highest BCUT2D eigenvalue weighted by molar-refractivity contribution is 9.10. The van der Waals surface area contributed by atoms with Crippen LogP contribution < -0.4 is 10.6 Å². The molecule has 0 saturated carbocycles. The second-order valence-corrected chi connectivity index (χ2v) is 7.68. The number of nitrogens with two attached hydrogens (primary N) is 1. The number of carbonyl (C=O) groups is 1. The summed E-state index contributed by atoms with van der Waals surface area (Å²) in [5.74, 6) is -0.302. The molecule has 1 aliphatic rings. The van der Waals surface area contributed by atoms with Crippen LogP contribution in [-0.4, -0.2) is 42.8 Å². The average Bonchev–Trinajstić information content (AvgIpc) is 2.74. The van der Waals surface area contributed by atoms with E-state index in [1.54, 1.807) is 11.0 Å². The first-order chi connectivity index (χ1) is 11.2. The van der Waals surface area contributed by atoms with E-state index >= 15 is 0 Å². The Balaban J connectivity index is 2.09. The molecule has 1 fully saturated rings. The van der Waals surface area contributed by atoms with Crippen molar-refractivity contribution in [1.29, 1.82) is 0 Å². The molecule has 7 heteroatoms. The Bertz CT molecular complexity index is 604. The molecule has 1 saturated heterocycles. The van der Waals surface area contributed by atoms with Gasteiger partial charge in [-0.15, -0.1) is 0 Å². The number of rotatable bonds is 2. The first-order valence-corrected chi connectivity index (χ1v) is 8.92. The molecule has 1 aliphatic heterocycles. The van der Waals surface area contributed by atoms with E-state index in [1.165, 1.54) is 0 Å². The van der Waals surface area contributed by atoms with Crippen LogP contribution in [0.3, 0.4) is 0 Å². The van der Waals surface area contributed by atoms with Crippen LogP contribution in [0.4, 0.5) is 14.9 Å². The first kappa shape index (κ1) is 19.0. The maximum atomic E-state index is 14.6.